The number of nitrogens with two attached hydrogens (primary N) is 1. The SMILES string of the molecule is C=C1NC(=O)N(c2cc(Cl)c(Oc3cc(C(C)(C)C)c(=O)[nH]n3)c(Cl)c2)N=C1N. The smallest absolute Gasteiger partial charge is 0.347 e. The van der Waals surface area contributed by atoms with Crippen molar-refractivity contribution in [2.45, 2.75) is 26.2 Å². The second-order valence-electron chi connectivity index (χ2n) is 7.25. The number of urea groups is 1. The molecule has 0 saturated carbocycles. The maximum absolute atomic E-state index is 12.1. The summed E-state index contributed by atoms with van der Waals surface area (Å²) in [5.41, 5.74) is 5.92. The number of halogens is 2. The van der Waals surface area contributed by atoms with Gasteiger partial charge in [0.1, 0.15) is 0 Å². The second kappa shape index (κ2) is 7.41. The Morgan fingerprint density at radius 3 is 2.38 bits per heavy atom. The van der Waals surface area contributed by atoms with E-state index in [1.54, 1.807) is 0 Å². The lowest BCUT2D eigenvalue weighted by atomic mass is 9.88. The lowest BCUT2D eigenvalue weighted by molar-refractivity contribution is 0.248. The summed E-state index contributed by atoms with van der Waals surface area (Å²) in [6.45, 7) is 9.25. The summed E-state index contributed by atoms with van der Waals surface area (Å²) >= 11 is 12.6. The predicted molar refractivity (Wildman–Crippen MR) is 112 cm³/mol. The fourth-order valence-electron chi connectivity index (χ4n) is 2.50. The summed E-state index contributed by atoms with van der Waals surface area (Å²) in [5.74, 6) is 0.264. The number of amides is 2. The van der Waals surface area contributed by atoms with Crippen LogP contribution >= 0.6 is 23.2 Å². The van der Waals surface area contributed by atoms with Gasteiger partial charge in [0.15, 0.2) is 11.6 Å². The zero-order valence-corrected chi connectivity index (χ0v) is 17.4. The fourth-order valence-corrected chi connectivity index (χ4v) is 3.05. The highest BCUT2D eigenvalue weighted by Crippen LogP contribution is 2.40. The minimum atomic E-state index is -0.567. The molecule has 2 amide bonds. The van der Waals surface area contributed by atoms with Crippen molar-refractivity contribution in [2.75, 3.05) is 5.01 Å². The Kier molecular flexibility index (Phi) is 5.29. The molecule has 9 nitrogen and oxygen atoms in total. The Morgan fingerprint density at radius 2 is 1.79 bits per heavy atom. The van der Waals surface area contributed by atoms with Gasteiger partial charge in [-0.1, -0.05) is 50.6 Å². The number of hydrogen-bond donors (Lipinski definition) is 3. The van der Waals surface area contributed by atoms with E-state index in [4.69, 9.17) is 33.7 Å². The molecule has 0 fully saturated rings. The van der Waals surface area contributed by atoms with Gasteiger partial charge < -0.3 is 15.8 Å². The van der Waals surface area contributed by atoms with Crippen LogP contribution in [0, 0.1) is 0 Å². The number of aromatic amines is 1. The van der Waals surface area contributed by atoms with E-state index >= 15 is 0 Å². The molecule has 0 aliphatic carbocycles. The number of rotatable bonds is 3. The molecule has 152 valence electrons. The zero-order valence-electron chi connectivity index (χ0n) is 15.8. The van der Waals surface area contributed by atoms with Crippen LogP contribution in [0.5, 0.6) is 11.6 Å². The van der Waals surface area contributed by atoms with Crippen LogP contribution in [0.3, 0.4) is 0 Å². The molecule has 0 unspecified atom stereocenters. The third kappa shape index (κ3) is 4.20. The number of nitrogens with zero attached hydrogens (tertiary/aromatic N) is 3. The van der Waals surface area contributed by atoms with Gasteiger partial charge in [-0.3, -0.25) is 4.79 Å². The number of amidine groups is 1. The van der Waals surface area contributed by atoms with E-state index in [0.717, 1.165) is 5.01 Å². The van der Waals surface area contributed by atoms with Crippen molar-refractivity contribution in [1.82, 2.24) is 15.5 Å². The lowest BCUT2D eigenvalue weighted by Gasteiger charge is -2.24. The topological polar surface area (TPSA) is 126 Å². The van der Waals surface area contributed by atoms with Crippen LogP contribution in [0.2, 0.25) is 10.0 Å². The van der Waals surface area contributed by atoms with E-state index in [1.807, 2.05) is 20.8 Å². The number of benzene rings is 1. The number of carbonyl (C=O) groups is 1. The molecule has 11 heteroatoms. The van der Waals surface area contributed by atoms with Crippen LogP contribution in [0.1, 0.15) is 26.3 Å². The van der Waals surface area contributed by atoms with Gasteiger partial charge in [0, 0.05) is 11.6 Å². The van der Waals surface area contributed by atoms with E-state index in [2.05, 4.69) is 27.2 Å². The predicted octanol–water partition coefficient (Wildman–Crippen LogP) is 3.48. The number of hydrogen-bond acceptors (Lipinski definition) is 6. The highest BCUT2D eigenvalue weighted by molar-refractivity contribution is 6.37. The minimum Gasteiger partial charge on any atom is -0.434 e. The van der Waals surface area contributed by atoms with Gasteiger partial charge in [0.25, 0.3) is 5.56 Å². The number of hydrazone groups is 1. The normalized spacial score (nSPS) is 14.5. The molecule has 0 saturated heterocycles. The standard InChI is InChI=1S/C18H18Cl2N6O3/c1-8-15(21)25-26(17(28)22-8)9-5-11(19)14(12(20)6-9)29-13-7-10(18(2,3)4)16(27)24-23-13/h5-7H,1H2,2-4H3,(H2,21,25)(H,22,28)(H,24,27). The van der Waals surface area contributed by atoms with Crippen molar-refractivity contribution < 1.29 is 9.53 Å². The monoisotopic (exact) mass is 436 g/mol. The third-order valence-corrected chi connectivity index (χ3v) is 4.55. The second-order valence-corrected chi connectivity index (χ2v) is 8.06. The first-order chi connectivity index (χ1) is 13.5. The lowest BCUT2D eigenvalue weighted by Crippen LogP contribution is -2.45. The molecular weight excluding hydrogens is 419 g/mol. The number of carbonyl (C=O) groups excluding carboxylic acids is 1. The Bertz CT molecular complexity index is 1080. The van der Waals surface area contributed by atoms with E-state index in [9.17, 15) is 9.59 Å². The summed E-state index contributed by atoms with van der Waals surface area (Å²) in [6, 6.07) is 3.82. The van der Waals surface area contributed by atoms with Crippen molar-refractivity contribution >= 4 is 40.8 Å². The molecule has 4 N–H and O–H groups in total. The van der Waals surface area contributed by atoms with E-state index in [1.165, 1.54) is 18.2 Å². The highest BCUT2D eigenvalue weighted by atomic mass is 35.5. The Hall–Kier alpha value is -3.04. The number of ether oxygens (including phenoxy) is 1. The Morgan fingerprint density at radius 1 is 1.17 bits per heavy atom. The summed E-state index contributed by atoms with van der Waals surface area (Å²) in [4.78, 5) is 24.1. The van der Waals surface area contributed by atoms with E-state index in [0.29, 0.717) is 5.56 Å². The number of aromatic nitrogens is 2. The van der Waals surface area contributed by atoms with Gasteiger partial charge in [-0.15, -0.1) is 10.2 Å². The van der Waals surface area contributed by atoms with E-state index in [-0.39, 0.29) is 44.5 Å². The maximum atomic E-state index is 12.1. The Labute approximate surface area is 176 Å². The molecular formula is C18H18Cl2N6O3. The summed E-state index contributed by atoms with van der Waals surface area (Å²) in [7, 11) is 0. The summed E-state index contributed by atoms with van der Waals surface area (Å²) in [6.07, 6.45) is 0. The van der Waals surface area contributed by atoms with Crippen molar-refractivity contribution in [3.05, 3.63) is 56.4 Å². The molecule has 1 aromatic heterocycles. The third-order valence-electron chi connectivity index (χ3n) is 3.99. The Balaban J connectivity index is 1.97. The van der Waals surface area contributed by atoms with Crippen molar-refractivity contribution in [3.8, 4) is 11.6 Å². The molecule has 0 radical (unpaired) electrons. The fraction of sp³-hybridized carbons (Fsp3) is 0.222. The van der Waals surface area contributed by atoms with Crippen molar-refractivity contribution in [1.29, 1.82) is 0 Å². The summed E-state index contributed by atoms with van der Waals surface area (Å²) < 4.78 is 5.70. The van der Waals surface area contributed by atoms with Crippen LogP contribution in [-0.4, -0.2) is 22.1 Å². The largest absolute Gasteiger partial charge is 0.434 e. The van der Waals surface area contributed by atoms with Crippen LogP contribution in [0.4, 0.5) is 10.5 Å². The molecule has 29 heavy (non-hydrogen) atoms. The van der Waals surface area contributed by atoms with Gasteiger partial charge in [0.2, 0.25) is 5.88 Å². The molecule has 1 aliphatic heterocycles. The first-order valence-corrected chi connectivity index (χ1v) is 9.14. The molecule has 2 aromatic rings. The van der Waals surface area contributed by atoms with Gasteiger partial charge in [-0.25, -0.2) is 9.89 Å². The van der Waals surface area contributed by atoms with Gasteiger partial charge in [-0.2, -0.15) is 5.01 Å². The zero-order chi connectivity index (χ0) is 21.5. The number of nitrogens with one attached hydrogen (secondary N) is 2. The number of H-pyrrole nitrogens is 1. The highest BCUT2D eigenvalue weighted by Gasteiger charge is 2.25. The molecule has 1 aliphatic rings. The quantitative estimate of drug-likeness (QED) is 0.678. The average molecular weight is 437 g/mol. The molecule has 0 bridgehead atoms. The first kappa shape index (κ1) is 20.7. The molecule has 0 atom stereocenters. The van der Waals surface area contributed by atoms with Gasteiger partial charge in [-0.05, 0) is 17.5 Å². The van der Waals surface area contributed by atoms with Gasteiger partial charge in [0.05, 0.1) is 21.4 Å². The summed E-state index contributed by atoms with van der Waals surface area (Å²) in [5, 5.41) is 13.9. The van der Waals surface area contributed by atoms with Crippen LogP contribution < -0.4 is 26.4 Å². The van der Waals surface area contributed by atoms with Crippen molar-refractivity contribution in [3.63, 3.8) is 0 Å². The van der Waals surface area contributed by atoms with Gasteiger partial charge >= 0.3 is 6.03 Å². The molecule has 3 rings (SSSR count). The van der Waals surface area contributed by atoms with E-state index < -0.39 is 11.4 Å². The van der Waals surface area contributed by atoms with Crippen LogP contribution in [0.25, 0.3) is 0 Å². The van der Waals surface area contributed by atoms with Crippen molar-refractivity contribution in [2.24, 2.45) is 10.8 Å². The first-order valence-electron chi connectivity index (χ1n) is 8.39. The average Bonchev–Trinajstić information content (AvgIpc) is 2.61. The number of anilines is 1. The molecule has 2 heterocycles. The molecule has 0 spiro atoms. The van der Waals surface area contributed by atoms with Crippen LogP contribution in [-0.2, 0) is 5.41 Å². The van der Waals surface area contributed by atoms with Crippen LogP contribution in [0.15, 0.2) is 40.4 Å². The maximum Gasteiger partial charge on any atom is 0.347 e. The minimum absolute atomic E-state index is 0.0457. The molecule has 1 aromatic carbocycles.